The summed E-state index contributed by atoms with van der Waals surface area (Å²) in [6, 6.07) is 12.4. The number of nitrogens with one attached hydrogen (secondary N) is 2. The van der Waals surface area contributed by atoms with E-state index < -0.39 is 0 Å². The van der Waals surface area contributed by atoms with Gasteiger partial charge in [0, 0.05) is 23.6 Å². The Bertz CT molecular complexity index is 1090. The second-order valence-electron chi connectivity index (χ2n) is 7.40. The van der Waals surface area contributed by atoms with Crippen LogP contribution in [0.25, 0.3) is 0 Å². The lowest BCUT2D eigenvalue weighted by molar-refractivity contribution is -0.120. The number of benzene rings is 2. The van der Waals surface area contributed by atoms with Crippen LogP contribution < -0.4 is 20.1 Å². The Morgan fingerprint density at radius 2 is 1.64 bits per heavy atom. The maximum Gasteiger partial charge on any atom is 0.257 e. The molecule has 0 saturated heterocycles. The summed E-state index contributed by atoms with van der Waals surface area (Å²) in [5, 5.41) is 15.1. The lowest BCUT2D eigenvalue weighted by Crippen LogP contribution is -2.21. The van der Waals surface area contributed by atoms with Crippen LogP contribution in [0.1, 0.15) is 47.6 Å². The van der Waals surface area contributed by atoms with Crippen molar-refractivity contribution in [2.75, 3.05) is 24.9 Å². The monoisotopic (exact) mass is 468 g/mol. The number of nitrogens with zero attached hydrogens (tertiary/aromatic N) is 2. The van der Waals surface area contributed by atoms with E-state index in [1.165, 1.54) is 11.3 Å². The smallest absolute Gasteiger partial charge is 0.257 e. The van der Waals surface area contributed by atoms with Crippen molar-refractivity contribution >= 4 is 34.0 Å². The van der Waals surface area contributed by atoms with Crippen molar-refractivity contribution in [3.63, 3.8) is 0 Å². The molecule has 0 atom stereocenters. The fourth-order valence-corrected chi connectivity index (χ4v) is 4.09. The molecule has 8 nitrogen and oxygen atoms in total. The fraction of sp³-hybridized carbons (Fsp3) is 0.333. The minimum absolute atomic E-state index is 0.00642. The van der Waals surface area contributed by atoms with Gasteiger partial charge in [-0.2, -0.15) is 0 Å². The normalized spacial score (nSPS) is 10.7. The minimum Gasteiger partial charge on any atom is -0.493 e. The Hall–Kier alpha value is -3.46. The Labute approximate surface area is 197 Å². The average molecular weight is 469 g/mol. The number of hydrogen-bond donors (Lipinski definition) is 2. The van der Waals surface area contributed by atoms with Crippen molar-refractivity contribution < 1.29 is 19.1 Å². The van der Waals surface area contributed by atoms with Crippen molar-refractivity contribution in [2.24, 2.45) is 5.92 Å². The first-order chi connectivity index (χ1) is 16.0. The topological polar surface area (TPSA) is 102 Å². The van der Waals surface area contributed by atoms with Gasteiger partial charge in [-0.3, -0.25) is 14.9 Å². The highest BCUT2D eigenvalue weighted by atomic mass is 32.1. The molecule has 3 rings (SSSR count). The molecule has 0 saturated carbocycles. The van der Waals surface area contributed by atoms with Gasteiger partial charge in [0.05, 0.1) is 14.2 Å². The lowest BCUT2D eigenvalue weighted by Gasteiger charge is -2.12. The summed E-state index contributed by atoms with van der Waals surface area (Å²) in [5.74, 6) is 0.994. The van der Waals surface area contributed by atoms with Gasteiger partial charge in [0.25, 0.3) is 5.91 Å². The van der Waals surface area contributed by atoms with Gasteiger partial charge in [0.15, 0.2) is 11.5 Å². The van der Waals surface area contributed by atoms with E-state index in [4.69, 9.17) is 9.47 Å². The van der Waals surface area contributed by atoms with Gasteiger partial charge in [-0.1, -0.05) is 31.3 Å². The van der Waals surface area contributed by atoms with Crippen molar-refractivity contribution in [2.45, 2.75) is 33.1 Å². The zero-order valence-corrected chi connectivity index (χ0v) is 20.0. The summed E-state index contributed by atoms with van der Waals surface area (Å²) >= 11 is 1.31. The molecule has 9 heteroatoms. The van der Waals surface area contributed by atoms with Gasteiger partial charge in [0.1, 0.15) is 5.01 Å². The molecule has 0 unspecified atom stereocenters. The van der Waals surface area contributed by atoms with Crippen LogP contribution in [0.5, 0.6) is 11.5 Å². The van der Waals surface area contributed by atoms with Crippen molar-refractivity contribution in [3.8, 4) is 11.5 Å². The van der Waals surface area contributed by atoms with Gasteiger partial charge < -0.3 is 14.8 Å². The van der Waals surface area contributed by atoms with Crippen LogP contribution in [0, 0.1) is 5.92 Å². The standard InChI is InChI=1S/C24H28N4O4S/c1-5-16(6-2)22(29)25-18-10-8-17(9-11-18)23(30)26-24-28-27-21(33-24)14-15-7-12-19(31-3)20(13-15)32-4/h7-13,16H,5-6,14H2,1-4H3,(H,25,29)(H,26,28,30). The SMILES string of the molecule is CCC(CC)C(=O)Nc1ccc(C(=O)Nc2nnc(Cc3ccc(OC)c(OC)c3)s2)cc1. The van der Waals surface area contributed by atoms with E-state index in [9.17, 15) is 9.59 Å². The largest absolute Gasteiger partial charge is 0.493 e. The highest BCUT2D eigenvalue weighted by Crippen LogP contribution is 2.29. The first kappa shape index (κ1) is 24.2. The molecule has 0 aliphatic heterocycles. The Balaban J connectivity index is 1.60. The highest BCUT2D eigenvalue weighted by molar-refractivity contribution is 7.15. The zero-order chi connectivity index (χ0) is 23.8. The molecule has 0 aliphatic rings. The quantitative estimate of drug-likeness (QED) is 0.444. The molecule has 2 amide bonds. The molecular formula is C24H28N4O4S. The van der Waals surface area contributed by atoms with Gasteiger partial charge >= 0.3 is 0 Å². The van der Waals surface area contributed by atoms with E-state index >= 15 is 0 Å². The number of amides is 2. The third-order valence-electron chi connectivity index (χ3n) is 5.26. The second kappa shape index (κ2) is 11.4. The molecule has 0 bridgehead atoms. The molecular weight excluding hydrogens is 440 g/mol. The van der Waals surface area contributed by atoms with Crippen LogP contribution in [0.2, 0.25) is 0 Å². The zero-order valence-electron chi connectivity index (χ0n) is 19.2. The molecule has 1 heterocycles. The molecule has 2 N–H and O–H groups in total. The number of methoxy groups -OCH3 is 2. The Morgan fingerprint density at radius 1 is 0.939 bits per heavy atom. The number of anilines is 2. The summed E-state index contributed by atoms with van der Waals surface area (Å²) in [5.41, 5.74) is 2.12. The molecule has 33 heavy (non-hydrogen) atoms. The van der Waals surface area contributed by atoms with Gasteiger partial charge in [-0.05, 0) is 54.8 Å². The van der Waals surface area contributed by atoms with Crippen LogP contribution in [0.3, 0.4) is 0 Å². The van der Waals surface area contributed by atoms with Crippen molar-refractivity contribution in [1.29, 1.82) is 0 Å². The number of ether oxygens (including phenoxy) is 2. The van der Waals surface area contributed by atoms with E-state index in [0.717, 1.165) is 23.4 Å². The van der Waals surface area contributed by atoms with Gasteiger partial charge in [0.2, 0.25) is 11.0 Å². The number of carbonyl (C=O) groups is 2. The van der Waals surface area contributed by atoms with Crippen LogP contribution in [0.15, 0.2) is 42.5 Å². The van der Waals surface area contributed by atoms with Crippen LogP contribution >= 0.6 is 11.3 Å². The van der Waals surface area contributed by atoms with Crippen LogP contribution in [-0.2, 0) is 11.2 Å². The number of rotatable bonds is 10. The van der Waals surface area contributed by atoms with E-state index in [-0.39, 0.29) is 17.7 Å². The van der Waals surface area contributed by atoms with Crippen molar-refractivity contribution in [1.82, 2.24) is 10.2 Å². The third-order valence-corrected chi connectivity index (χ3v) is 6.10. The molecule has 0 spiro atoms. The van der Waals surface area contributed by atoms with Crippen LogP contribution in [0.4, 0.5) is 10.8 Å². The molecule has 0 radical (unpaired) electrons. The third kappa shape index (κ3) is 6.29. The summed E-state index contributed by atoms with van der Waals surface area (Å²) in [6.45, 7) is 3.99. The molecule has 0 aliphatic carbocycles. The first-order valence-corrected chi connectivity index (χ1v) is 11.5. The molecule has 1 aromatic heterocycles. The fourth-order valence-electron chi connectivity index (χ4n) is 3.32. The molecule has 174 valence electrons. The average Bonchev–Trinajstić information content (AvgIpc) is 3.26. The Morgan fingerprint density at radius 3 is 2.27 bits per heavy atom. The van der Waals surface area contributed by atoms with Crippen molar-refractivity contribution in [3.05, 3.63) is 58.6 Å². The predicted molar refractivity (Wildman–Crippen MR) is 129 cm³/mol. The highest BCUT2D eigenvalue weighted by Gasteiger charge is 2.15. The molecule has 3 aromatic rings. The molecule has 0 fully saturated rings. The molecule has 2 aromatic carbocycles. The van der Waals surface area contributed by atoms with Crippen LogP contribution in [-0.4, -0.2) is 36.2 Å². The minimum atomic E-state index is -0.290. The Kier molecular flexibility index (Phi) is 8.37. The van der Waals surface area contributed by atoms with E-state index in [0.29, 0.717) is 34.3 Å². The maximum absolute atomic E-state index is 12.6. The summed E-state index contributed by atoms with van der Waals surface area (Å²) in [7, 11) is 3.18. The van der Waals surface area contributed by atoms with Gasteiger partial charge in [-0.25, -0.2) is 0 Å². The lowest BCUT2D eigenvalue weighted by atomic mass is 10.0. The van der Waals surface area contributed by atoms with E-state index in [1.807, 2.05) is 32.0 Å². The number of hydrogen-bond acceptors (Lipinski definition) is 7. The van der Waals surface area contributed by atoms with Gasteiger partial charge in [-0.15, -0.1) is 10.2 Å². The van der Waals surface area contributed by atoms with E-state index in [1.54, 1.807) is 38.5 Å². The van der Waals surface area contributed by atoms with E-state index in [2.05, 4.69) is 20.8 Å². The summed E-state index contributed by atoms with van der Waals surface area (Å²) in [6.07, 6.45) is 2.14. The summed E-state index contributed by atoms with van der Waals surface area (Å²) in [4.78, 5) is 24.8. The number of carbonyl (C=O) groups excluding carboxylic acids is 2. The second-order valence-corrected chi connectivity index (χ2v) is 8.46. The first-order valence-electron chi connectivity index (χ1n) is 10.7. The summed E-state index contributed by atoms with van der Waals surface area (Å²) < 4.78 is 10.6. The maximum atomic E-state index is 12.6. The number of aromatic nitrogens is 2. The predicted octanol–water partition coefficient (Wildman–Crippen LogP) is 4.77.